The van der Waals surface area contributed by atoms with Gasteiger partial charge in [-0.25, -0.2) is 9.97 Å². The van der Waals surface area contributed by atoms with Gasteiger partial charge in [-0.1, -0.05) is 40.7 Å². The molecule has 31 heavy (non-hydrogen) atoms. The van der Waals surface area contributed by atoms with Crippen molar-refractivity contribution in [2.45, 2.75) is 0 Å². The fourth-order valence-corrected chi connectivity index (χ4v) is 3.65. The average molecular weight is 499 g/mol. The zero-order valence-electron chi connectivity index (χ0n) is 17.1. The summed E-state index contributed by atoms with van der Waals surface area (Å²) >= 11 is 3.47. The van der Waals surface area contributed by atoms with Crippen LogP contribution in [0.2, 0.25) is 0 Å². The van der Waals surface area contributed by atoms with Crippen LogP contribution in [0.25, 0.3) is 28.1 Å². The number of benzene rings is 3. The van der Waals surface area contributed by atoms with Crippen LogP contribution in [0.5, 0.6) is 11.5 Å². The molecule has 0 unspecified atom stereocenters. The Labute approximate surface area is 195 Å². The summed E-state index contributed by atoms with van der Waals surface area (Å²) in [5, 5.41) is 4.24. The van der Waals surface area contributed by atoms with Crippen molar-refractivity contribution in [3.05, 3.63) is 77.4 Å². The topological polar surface area (TPSA) is 56.3 Å². The molecule has 0 atom stereocenters. The van der Waals surface area contributed by atoms with Gasteiger partial charge in [0.1, 0.15) is 11.5 Å². The second-order valence-corrected chi connectivity index (χ2v) is 7.51. The van der Waals surface area contributed by atoms with E-state index in [-0.39, 0.29) is 12.4 Å². The molecule has 0 radical (unpaired) electrons. The van der Waals surface area contributed by atoms with Gasteiger partial charge >= 0.3 is 0 Å². The maximum Gasteiger partial charge on any atom is 0.227 e. The number of ether oxygens (including phenoxy) is 2. The number of aromatic nitrogens is 2. The summed E-state index contributed by atoms with van der Waals surface area (Å²) in [5.74, 6) is 2.00. The van der Waals surface area contributed by atoms with Crippen molar-refractivity contribution in [3.63, 3.8) is 0 Å². The lowest BCUT2D eigenvalue weighted by molar-refractivity contribution is 0.395. The Hall–Kier alpha value is -3.09. The molecular formula is C24H21BrClN3O2. The zero-order chi connectivity index (χ0) is 21.1. The van der Waals surface area contributed by atoms with Gasteiger partial charge in [-0.05, 0) is 47.5 Å². The monoisotopic (exact) mass is 497 g/mol. The third-order valence-corrected chi connectivity index (χ3v) is 5.25. The molecule has 7 heteroatoms. The number of hydrogen-bond acceptors (Lipinski definition) is 5. The first-order chi connectivity index (χ1) is 14.6. The zero-order valence-corrected chi connectivity index (χ0v) is 19.5. The third kappa shape index (κ3) is 4.81. The summed E-state index contributed by atoms with van der Waals surface area (Å²) in [5.41, 5.74) is 4.69. The van der Waals surface area contributed by atoms with Gasteiger partial charge in [0.25, 0.3) is 0 Å². The molecule has 4 rings (SSSR count). The molecule has 158 valence electrons. The van der Waals surface area contributed by atoms with E-state index in [0.717, 1.165) is 49.3 Å². The van der Waals surface area contributed by atoms with Gasteiger partial charge in [-0.3, -0.25) is 0 Å². The number of methoxy groups -OCH3 is 2. The van der Waals surface area contributed by atoms with Crippen molar-refractivity contribution in [3.8, 4) is 22.6 Å². The Bertz CT molecular complexity index is 1230. The number of nitrogens with zero attached hydrogens (tertiary/aromatic N) is 2. The predicted molar refractivity (Wildman–Crippen MR) is 133 cm³/mol. The summed E-state index contributed by atoms with van der Waals surface area (Å²) < 4.78 is 12.0. The van der Waals surface area contributed by atoms with Crippen molar-refractivity contribution >= 4 is 57.0 Å². The lowest BCUT2D eigenvalue weighted by atomic mass is 9.97. The largest absolute Gasteiger partial charge is 0.497 e. The molecule has 0 aliphatic carbocycles. The maximum atomic E-state index is 5.59. The van der Waals surface area contributed by atoms with E-state index in [1.807, 2.05) is 60.8 Å². The first-order valence-corrected chi connectivity index (χ1v) is 10.1. The normalized spacial score (nSPS) is 10.3. The highest BCUT2D eigenvalue weighted by Gasteiger charge is 2.13. The van der Waals surface area contributed by atoms with Gasteiger partial charge in [0, 0.05) is 33.4 Å². The van der Waals surface area contributed by atoms with Crippen LogP contribution in [0.3, 0.4) is 0 Å². The van der Waals surface area contributed by atoms with E-state index >= 15 is 0 Å². The molecule has 0 saturated carbocycles. The molecule has 0 saturated heterocycles. The van der Waals surface area contributed by atoms with Gasteiger partial charge in [-0.15, -0.1) is 12.4 Å². The van der Waals surface area contributed by atoms with Crippen LogP contribution in [0.1, 0.15) is 5.56 Å². The van der Waals surface area contributed by atoms with Gasteiger partial charge in [0.05, 0.1) is 19.7 Å². The summed E-state index contributed by atoms with van der Waals surface area (Å²) in [4.78, 5) is 8.98. The van der Waals surface area contributed by atoms with Crippen molar-refractivity contribution in [2.24, 2.45) is 0 Å². The molecule has 1 N–H and O–H groups in total. The molecule has 0 aliphatic rings. The summed E-state index contributed by atoms with van der Waals surface area (Å²) in [6, 6.07) is 17.8. The standard InChI is InChI=1S/C24H20BrN3O2.ClH/c1-4-15-12-20(29-2)13-22(30-3)23(15)16-5-8-19(9-6-16)27-24-26-14-17-11-18(25)7-10-21(17)28-24;/h4-14H,1H2,2-3H3,(H,26,27,28);1H. The minimum atomic E-state index is 0. The van der Waals surface area contributed by atoms with Crippen LogP contribution in [-0.2, 0) is 0 Å². The molecular weight excluding hydrogens is 478 g/mol. The fourth-order valence-electron chi connectivity index (χ4n) is 3.27. The minimum Gasteiger partial charge on any atom is -0.497 e. The SMILES string of the molecule is C=Cc1cc(OC)cc(OC)c1-c1ccc(Nc2ncc3cc(Br)ccc3n2)cc1.Cl. The van der Waals surface area contributed by atoms with Crippen LogP contribution >= 0.6 is 28.3 Å². The van der Waals surface area contributed by atoms with E-state index in [2.05, 4.69) is 37.8 Å². The van der Waals surface area contributed by atoms with Crippen molar-refractivity contribution < 1.29 is 9.47 Å². The van der Waals surface area contributed by atoms with E-state index in [1.54, 1.807) is 20.3 Å². The van der Waals surface area contributed by atoms with Gasteiger partial charge in [0.2, 0.25) is 5.95 Å². The molecule has 3 aromatic carbocycles. The quantitative estimate of drug-likeness (QED) is 0.314. The molecule has 4 aromatic rings. The van der Waals surface area contributed by atoms with Crippen LogP contribution in [-0.4, -0.2) is 24.2 Å². The Morgan fingerprint density at radius 3 is 2.45 bits per heavy atom. The second kappa shape index (κ2) is 9.81. The average Bonchev–Trinajstić information content (AvgIpc) is 2.78. The van der Waals surface area contributed by atoms with Gasteiger partial charge < -0.3 is 14.8 Å². The van der Waals surface area contributed by atoms with Crippen LogP contribution in [0, 0.1) is 0 Å². The van der Waals surface area contributed by atoms with E-state index in [4.69, 9.17) is 9.47 Å². The Kier molecular flexibility index (Phi) is 7.15. The van der Waals surface area contributed by atoms with Crippen molar-refractivity contribution in [1.29, 1.82) is 0 Å². The number of anilines is 2. The van der Waals surface area contributed by atoms with Crippen LogP contribution in [0.4, 0.5) is 11.6 Å². The lowest BCUT2D eigenvalue weighted by Crippen LogP contribution is -1.97. The molecule has 0 bridgehead atoms. The first-order valence-electron chi connectivity index (χ1n) is 9.29. The number of nitrogens with one attached hydrogen (secondary N) is 1. The molecule has 0 aliphatic heterocycles. The number of fused-ring (bicyclic) bond motifs is 1. The first kappa shape index (κ1) is 22.6. The Balaban J connectivity index is 0.00000272. The molecule has 1 heterocycles. The molecule has 0 amide bonds. The van der Waals surface area contributed by atoms with E-state index in [1.165, 1.54) is 0 Å². The number of hydrogen-bond donors (Lipinski definition) is 1. The number of rotatable bonds is 6. The summed E-state index contributed by atoms with van der Waals surface area (Å²) in [7, 11) is 3.28. The lowest BCUT2D eigenvalue weighted by Gasteiger charge is -2.15. The molecule has 0 fully saturated rings. The van der Waals surface area contributed by atoms with Crippen molar-refractivity contribution in [1.82, 2.24) is 9.97 Å². The predicted octanol–water partition coefficient (Wildman–Crippen LogP) is 6.88. The van der Waals surface area contributed by atoms with Crippen LogP contribution < -0.4 is 14.8 Å². The fraction of sp³-hybridized carbons (Fsp3) is 0.0833. The van der Waals surface area contributed by atoms with Crippen molar-refractivity contribution in [2.75, 3.05) is 19.5 Å². The number of halogens is 2. The highest BCUT2D eigenvalue weighted by molar-refractivity contribution is 9.10. The molecule has 5 nitrogen and oxygen atoms in total. The summed E-state index contributed by atoms with van der Waals surface area (Å²) in [6.07, 6.45) is 3.61. The van der Waals surface area contributed by atoms with E-state index in [0.29, 0.717) is 5.95 Å². The second-order valence-electron chi connectivity index (χ2n) is 6.60. The Morgan fingerprint density at radius 2 is 1.77 bits per heavy atom. The maximum absolute atomic E-state index is 5.59. The highest BCUT2D eigenvalue weighted by Crippen LogP contribution is 2.38. The van der Waals surface area contributed by atoms with E-state index in [9.17, 15) is 0 Å². The minimum absolute atomic E-state index is 0. The summed E-state index contributed by atoms with van der Waals surface area (Å²) in [6.45, 7) is 3.93. The van der Waals surface area contributed by atoms with Gasteiger partial charge in [0.15, 0.2) is 0 Å². The third-order valence-electron chi connectivity index (χ3n) is 4.75. The molecule has 0 spiro atoms. The highest BCUT2D eigenvalue weighted by atomic mass is 79.9. The van der Waals surface area contributed by atoms with Gasteiger partial charge in [-0.2, -0.15) is 0 Å². The smallest absolute Gasteiger partial charge is 0.227 e. The van der Waals surface area contributed by atoms with Crippen LogP contribution in [0.15, 0.2) is 71.8 Å². The van der Waals surface area contributed by atoms with E-state index < -0.39 is 0 Å². The molecule has 1 aromatic heterocycles. The Morgan fingerprint density at radius 1 is 1.00 bits per heavy atom.